The maximum absolute atomic E-state index is 6.16. The van der Waals surface area contributed by atoms with Gasteiger partial charge >= 0.3 is 0 Å². The summed E-state index contributed by atoms with van der Waals surface area (Å²) in [6, 6.07) is 5.91. The number of nitrogens with two attached hydrogens (primary N) is 1. The molecule has 3 heteroatoms. The summed E-state index contributed by atoms with van der Waals surface area (Å²) in [4.78, 5) is 0. The van der Waals surface area contributed by atoms with Crippen molar-refractivity contribution >= 4 is 11.6 Å². The Balaban J connectivity index is 2.13. The molecule has 0 atom stereocenters. The third kappa shape index (κ3) is 2.33. The number of halogens is 1. The Bertz CT molecular complexity index is 374. The van der Waals surface area contributed by atoms with E-state index in [1.54, 1.807) is 0 Å². The first-order valence-electron chi connectivity index (χ1n) is 5.80. The molecule has 1 aromatic carbocycles. The van der Waals surface area contributed by atoms with Gasteiger partial charge in [-0.25, -0.2) is 0 Å². The molecule has 16 heavy (non-hydrogen) atoms. The molecule has 88 valence electrons. The van der Waals surface area contributed by atoms with Gasteiger partial charge in [0.15, 0.2) is 0 Å². The highest BCUT2D eigenvalue weighted by atomic mass is 35.5. The van der Waals surface area contributed by atoms with E-state index in [1.807, 2.05) is 25.1 Å². The van der Waals surface area contributed by atoms with Gasteiger partial charge in [-0.15, -0.1) is 0 Å². The van der Waals surface area contributed by atoms with Crippen LogP contribution in [-0.4, -0.2) is 12.1 Å². The van der Waals surface area contributed by atoms with Crippen LogP contribution in [0.3, 0.4) is 0 Å². The second-order valence-electron chi connectivity index (χ2n) is 4.61. The van der Waals surface area contributed by atoms with Gasteiger partial charge in [-0.05, 0) is 56.8 Å². The summed E-state index contributed by atoms with van der Waals surface area (Å²) in [5.74, 6) is 0.792. The lowest BCUT2D eigenvalue weighted by molar-refractivity contribution is -0.0124. The van der Waals surface area contributed by atoms with Gasteiger partial charge in [0.25, 0.3) is 0 Å². The number of hydrogen-bond acceptors (Lipinski definition) is 2. The maximum atomic E-state index is 6.16. The minimum atomic E-state index is -0.0480. The van der Waals surface area contributed by atoms with Crippen molar-refractivity contribution < 1.29 is 4.74 Å². The molecule has 2 nitrogen and oxygen atoms in total. The number of ether oxygens (including phenoxy) is 1. The first kappa shape index (κ1) is 11.7. The minimum Gasteiger partial charge on any atom is -0.486 e. The van der Waals surface area contributed by atoms with Crippen molar-refractivity contribution in [2.75, 3.05) is 6.54 Å². The standard InChI is InChI=1S/C13H18ClNO/c1-10-3-4-12(11(14)9-10)16-13(7-8-15)5-2-6-13/h3-4,9H,2,5-8,15H2,1H3. The van der Waals surface area contributed by atoms with Crippen LogP contribution in [0.25, 0.3) is 0 Å². The lowest BCUT2D eigenvalue weighted by Crippen LogP contribution is -2.44. The molecule has 1 aromatic rings. The average Bonchev–Trinajstić information content (AvgIpc) is 2.18. The van der Waals surface area contributed by atoms with Crippen LogP contribution >= 0.6 is 11.6 Å². The van der Waals surface area contributed by atoms with E-state index < -0.39 is 0 Å². The zero-order chi connectivity index (χ0) is 11.6. The third-order valence-electron chi connectivity index (χ3n) is 3.28. The summed E-state index contributed by atoms with van der Waals surface area (Å²) in [5, 5.41) is 0.697. The Morgan fingerprint density at radius 3 is 2.69 bits per heavy atom. The SMILES string of the molecule is Cc1ccc(OC2(CCN)CCC2)c(Cl)c1. The van der Waals surface area contributed by atoms with Gasteiger partial charge in [-0.1, -0.05) is 17.7 Å². The van der Waals surface area contributed by atoms with E-state index in [0.29, 0.717) is 11.6 Å². The summed E-state index contributed by atoms with van der Waals surface area (Å²) in [5.41, 5.74) is 6.73. The van der Waals surface area contributed by atoms with Crippen LogP contribution in [0.1, 0.15) is 31.2 Å². The van der Waals surface area contributed by atoms with Crippen LogP contribution in [0.5, 0.6) is 5.75 Å². The minimum absolute atomic E-state index is 0.0480. The molecular formula is C13H18ClNO. The molecule has 0 radical (unpaired) electrons. The Labute approximate surface area is 102 Å². The molecule has 2 rings (SSSR count). The van der Waals surface area contributed by atoms with Crippen molar-refractivity contribution in [3.8, 4) is 5.75 Å². The number of hydrogen-bond donors (Lipinski definition) is 1. The fourth-order valence-electron chi connectivity index (χ4n) is 2.16. The summed E-state index contributed by atoms with van der Waals surface area (Å²) >= 11 is 6.16. The van der Waals surface area contributed by atoms with Crippen LogP contribution in [0.15, 0.2) is 18.2 Å². The number of aryl methyl sites for hydroxylation is 1. The summed E-state index contributed by atoms with van der Waals surface area (Å²) in [6.45, 7) is 2.69. The van der Waals surface area contributed by atoms with Gasteiger partial charge in [0.2, 0.25) is 0 Å². The molecule has 0 saturated heterocycles. The molecule has 0 amide bonds. The van der Waals surface area contributed by atoms with Crippen LogP contribution in [0, 0.1) is 6.92 Å². The molecular weight excluding hydrogens is 222 g/mol. The quantitative estimate of drug-likeness (QED) is 0.875. The van der Waals surface area contributed by atoms with Crippen molar-refractivity contribution in [3.05, 3.63) is 28.8 Å². The van der Waals surface area contributed by atoms with Gasteiger partial charge < -0.3 is 10.5 Å². The summed E-state index contributed by atoms with van der Waals surface area (Å²) < 4.78 is 6.05. The zero-order valence-electron chi connectivity index (χ0n) is 9.63. The predicted octanol–water partition coefficient (Wildman–Crippen LogP) is 3.30. The molecule has 1 fully saturated rings. The average molecular weight is 240 g/mol. The van der Waals surface area contributed by atoms with E-state index in [4.69, 9.17) is 22.1 Å². The molecule has 0 bridgehead atoms. The molecule has 0 aliphatic heterocycles. The fourth-order valence-corrected chi connectivity index (χ4v) is 2.43. The number of rotatable bonds is 4. The second-order valence-corrected chi connectivity index (χ2v) is 5.02. The van der Waals surface area contributed by atoms with Crippen LogP contribution in [-0.2, 0) is 0 Å². The molecule has 0 spiro atoms. The van der Waals surface area contributed by atoms with Crippen LogP contribution in [0.2, 0.25) is 5.02 Å². The van der Waals surface area contributed by atoms with E-state index in [0.717, 1.165) is 30.6 Å². The normalized spacial score (nSPS) is 17.9. The maximum Gasteiger partial charge on any atom is 0.138 e. The zero-order valence-corrected chi connectivity index (χ0v) is 10.4. The van der Waals surface area contributed by atoms with Crippen LogP contribution < -0.4 is 10.5 Å². The van der Waals surface area contributed by atoms with Gasteiger partial charge in [0, 0.05) is 0 Å². The molecule has 1 aliphatic carbocycles. The van der Waals surface area contributed by atoms with Gasteiger partial charge in [0.05, 0.1) is 5.02 Å². The Hall–Kier alpha value is -0.730. The van der Waals surface area contributed by atoms with Crippen molar-refractivity contribution in [1.29, 1.82) is 0 Å². The monoisotopic (exact) mass is 239 g/mol. The lowest BCUT2D eigenvalue weighted by Gasteiger charge is -2.42. The van der Waals surface area contributed by atoms with Gasteiger partial charge in [-0.2, -0.15) is 0 Å². The molecule has 0 aromatic heterocycles. The van der Waals surface area contributed by atoms with Crippen molar-refractivity contribution in [1.82, 2.24) is 0 Å². The summed E-state index contributed by atoms with van der Waals surface area (Å²) in [7, 11) is 0. The highest BCUT2D eigenvalue weighted by Crippen LogP contribution is 2.41. The Morgan fingerprint density at radius 2 is 2.19 bits per heavy atom. The first-order valence-corrected chi connectivity index (χ1v) is 6.18. The van der Waals surface area contributed by atoms with E-state index in [9.17, 15) is 0 Å². The molecule has 1 aliphatic rings. The summed E-state index contributed by atoms with van der Waals surface area (Å²) in [6.07, 6.45) is 4.32. The molecule has 2 N–H and O–H groups in total. The van der Waals surface area contributed by atoms with E-state index in [-0.39, 0.29) is 5.60 Å². The van der Waals surface area contributed by atoms with Gasteiger partial charge in [0.1, 0.15) is 11.4 Å². The van der Waals surface area contributed by atoms with Crippen molar-refractivity contribution in [2.45, 2.75) is 38.2 Å². The van der Waals surface area contributed by atoms with Crippen LogP contribution in [0.4, 0.5) is 0 Å². The fraction of sp³-hybridized carbons (Fsp3) is 0.538. The number of benzene rings is 1. The van der Waals surface area contributed by atoms with Gasteiger partial charge in [-0.3, -0.25) is 0 Å². The lowest BCUT2D eigenvalue weighted by atomic mass is 9.77. The second kappa shape index (κ2) is 4.64. The van der Waals surface area contributed by atoms with E-state index in [2.05, 4.69) is 0 Å². The smallest absolute Gasteiger partial charge is 0.138 e. The Morgan fingerprint density at radius 1 is 1.44 bits per heavy atom. The molecule has 0 unspecified atom stereocenters. The third-order valence-corrected chi connectivity index (χ3v) is 3.57. The Kier molecular flexibility index (Phi) is 3.41. The van der Waals surface area contributed by atoms with Crippen molar-refractivity contribution in [2.24, 2.45) is 5.73 Å². The largest absolute Gasteiger partial charge is 0.486 e. The van der Waals surface area contributed by atoms with E-state index in [1.165, 1.54) is 6.42 Å². The molecule has 0 heterocycles. The highest BCUT2D eigenvalue weighted by Gasteiger charge is 2.38. The van der Waals surface area contributed by atoms with Crippen molar-refractivity contribution in [3.63, 3.8) is 0 Å². The first-order chi connectivity index (χ1) is 7.65. The van der Waals surface area contributed by atoms with E-state index >= 15 is 0 Å². The highest BCUT2D eigenvalue weighted by molar-refractivity contribution is 6.32. The topological polar surface area (TPSA) is 35.2 Å². The molecule has 1 saturated carbocycles. The predicted molar refractivity (Wildman–Crippen MR) is 67.1 cm³/mol.